The summed E-state index contributed by atoms with van der Waals surface area (Å²) in [5, 5.41) is 1.26. The zero-order valence-electron chi connectivity index (χ0n) is 15.2. The molecule has 4 heterocycles. The number of piperidine rings is 1. The highest BCUT2D eigenvalue weighted by molar-refractivity contribution is 5.92. The number of nitrogens with one attached hydrogen (secondary N) is 1. The fraction of sp³-hybridized carbons (Fsp3) is 0.476. The van der Waals surface area contributed by atoms with E-state index in [1.165, 1.54) is 23.6 Å². The first kappa shape index (κ1) is 17.6. The second-order valence-corrected chi connectivity index (χ2v) is 7.69. The minimum absolute atomic E-state index is 0. The van der Waals surface area contributed by atoms with Crippen LogP contribution in [0.1, 0.15) is 31.0 Å². The molecule has 0 saturated carbocycles. The van der Waals surface area contributed by atoms with Gasteiger partial charge in [-0.2, -0.15) is 0 Å². The van der Waals surface area contributed by atoms with Crippen molar-refractivity contribution in [2.45, 2.75) is 37.6 Å². The number of rotatable bonds is 2. The molecule has 1 aromatic heterocycles. The Morgan fingerprint density at radius 3 is 2.96 bits per heavy atom. The Kier molecular flexibility index (Phi) is 4.16. The number of H-pyrrole nitrogens is 1. The van der Waals surface area contributed by atoms with Gasteiger partial charge in [0.1, 0.15) is 5.41 Å². The Labute approximate surface area is 160 Å². The summed E-state index contributed by atoms with van der Waals surface area (Å²) < 4.78 is 5.41. The predicted octanol–water partition coefficient (Wildman–Crippen LogP) is 3.60. The van der Waals surface area contributed by atoms with E-state index in [1.54, 1.807) is 0 Å². The van der Waals surface area contributed by atoms with Gasteiger partial charge in [-0.15, -0.1) is 12.4 Å². The number of ether oxygens (including phenoxy) is 1. The average Bonchev–Trinajstić information content (AvgIpc) is 3.00. The van der Waals surface area contributed by atoms with Crippen molar-refractivity contribution in [3.8, 4) is 0 Å². The number of carbonyl (C=O) groups excluding carboxylic acids is 1. The van der Waals surface area contributed by atoms with E-state index in [9.17, 15) is 4.79 Å². The molecule has 2 aromatic rings. The summed E-state index contributed by atoms with van der Waals surface area (Å²) in [6.45, 7) is 4.28. The van der Waals surface area contributed by atoms with Crippen molar-refractivity contribution in [2.75, 3.05) is 20.2 Å². The maximum atomic E-state index is 13.2. The van der Waals surface area contributed by atoms with Crippen molar-refractivity contribution in [3.05, 3.63) is 47.2 Å². The van der Waals surface area contributed by atoms with E-state index in [0.29, 0.717) is 5.92 Å². The van der Waals surface area contributed by atoms with Crippen LogP contribution in [0.4, 0.5) is 0 Å². The second-order valence-electron chi connectivity index (χ2n) is 7.69. The lowest BCUT2D eigenvalue weighted by molar-refractivity contribution is -0.153. The molecular formula is C21H25ClN2O2. The third-order valence-corrected chi connectivity index (χ3v) is 6.55. The van der Waals surface area contributed by atoms with Gasteiger partial charge >= 0.3 is 5.97 Å². The molecule has 138 valence electrons. The molecule has 26 heavy (non-hydrogen) atoms. The Morgan fingerprint density at radius 1 is 1.38 bits per heavy atom. The molecular weight excluding hydrogens is 348 g/mol. The molecule has 4 aliphatic rings. The highest BCUT2D eigenvalue weighted by Crippen LogP contribution is 2.52. The van der Waals surface area contributed by atoms with Crippen LogP contribution >= 0.6 is 12.4 Å². The van der Waals surface area contributed by atoms with Gasteiger partial charge < -0.3 is 9.72 Å². The normalized spacial score (nSPS) is 31.6. The first-order valence-corrected chi connectivity index (χ1v) is 9.32. The van der Waals surface area contributed by atoms with Gasteiger partial charge in [0, 0.05) is 29.7 Å². The monoisotopic (exact) mass is 372 g/mol. The molecule has 0 spiro atoms. The molecule has 4 atom stereocenters. The lowest BCUT2D eigenvalue weighted by atomic mass is 9.60. The number of aromatic amines is 1. The zero-order chi connectivity index (χ0) is 17.2. The Hall–Kier alpha value is -1.78. The summed E-state index contributed by atoms with van der Waals surface area (Å²) in [4.78, 5) is 19.4. The van der Waals surface area contributed by atoms with Crippen LogP contribution < -0.4 is 0 Å². The molecule has 4 bridgehead atoms. The van der Waals surface area contributed by atoms with Gasteiger partial charge in [-0.3, -0.25) is 9.69 Å². The van der Waals surface area contributed by atoms with Crippen LogP contribution in [0.2, 0.25) is 0 Å². The number of halogens is 1. The van der Waals surface area contributed by atoms with Crippen LogP contribution in [-0.4, -0.2) is 42.1 Å². The van der Waals surface area contributed by atoms with E-state index in [-0.39, 0.29) is 24.4 Å². The van der Waals surface area contributed by atoms with E-state index < -0.39 is 5.41 Å². The molecule has 6 rings (SSSR count). The predicted molar refractivity (Wildman–Crippen MR) is 105 cm³/mol. The fourth-order valence-electron chi connectivity index (χ4n) is 5.71. The summed E-state index contributed by atoms with van der Waals surface area (Å²) in [5.41, 5.74) is 4.36. The van der Waals surface area contributed by atoms with Crippen molar-refractivity contribution in [3.63, 3.8) is 0 Å². The van der Waals surface area contributed by atoms with Gasteiger partial charge in [0.25, 0.3) is 0 Å². The minimum atomic E-state index is -0.595. The second kappa shape index (κ2) is 6.14. The number of carbonyl (C=O) groups is 1. The Morgan fingerprint density at radius 2 is 2.19 bits per heavy atom. The maximum absolute atomic E-state index is 13.2. The van der Waals surface area contributed by atoms with Gasteiger partial charge in [-0.25, -0.2) is 0 Å². The lowest BCUT2D eigenvalue weighted by Gasteiger charge is -2.53. The summed E-state index contributed by atoms with van der Waals surface area (Å²) >= 11 is 0. The van der Waals surface area contributed by atoms with Gasteiger partial charge in [-0.1, -0.05) is 36.8 Å². The highest BCUT2D eigenvalue weighted by Gasteiger charge is 2.60. The lowest BCUT2D eigenvalue weighted by Crippen LogP contribution is -2.63. The van der Waals surface area contributed by atoms with Gasteiger partial charge in [0.2, 0.25) is 0 Å². The van der Waals surface area contributed by atoms with Gasteiger partial charge in [0.15, 0.2) is 0 Å². The molecule has 5 heteroatoms. The number of benzene rings is 1. The Balaban J connectivity index is 0.00000168. The summed E-state index contributed by atoms with van der Waals surface area (Å²) in [5.74, 6) is 0.345. The van der Waals surface area contributed by atoms with Crippen molar-refractivity contribution in [2.24, 2.45) is 5.92 Å². The number of fused-ring (bicyclic) bond motifs is 3. The third-order valence-electron chi connectivity index (χ3n) is 6.55. The van der Waals surface area contributed by atoms with E-state index in [4.69, 9.17) is 4.74 Å². The summed E-state index contributed by atoms with van der Waals surface area (Å²) in [6, 6.07) is 8.56. The van der Waals surface area contributed by atoms with Crippen LogP contribution in [0.15, 0.2) is 35.9 Å². The SMILES string of the molecule is CCC1=C[C@H]2CN3CCc4c([nH]c5ccccc45)[C@@](C(=O)OC)(C2)[C@@H]13.Cl. The van der Waals surface area contributed by atoms with E-state index in [1.807, 2.05) is 0 Å². The topological polar surface area (TPSA) is 45.3 Å². The molecule has 1 fully saturated rings. The van der Waals surface area contributed by atoms with E-state index >= 15 is 0 Å². The highest BCUT2D eigenvalue weighted by atomic mass is 35.5. The Bertz CT molecular complexity index is 903. The average molecular weight is 373 g/mol. The van der Waals surface area contributed by atoms with Crippen LogP contribution in [0.25, 0.3) is 10.9 Å². The number of hydrogen-bond acceptors (Lipinski definition) is 3. The number of nitrogens with zero attached hydrogens (tertiary/aromatic N) is 1. The van der Waals surface area contributed by atoms with Gasteiger partial charge in [0.05, 0.1) is 13.2 Å². The van der Waals surface area contributed by atoms with Crippen LogP contribution in [0.3, 0.4) is 0 Å². The largest absolute Gasteiger partial charge is 0.468 e. The summed E-state index contributed by atoms with van der Waals surface area (Å²) in [7, 11) is 1.53. The number of aromatic nitrogens is 1. The molecule has 1 N–H and O–H groups in total. The fourth-order valence-corrected chi connectivity index (χ4v) is 5.71. The molecule has 1 unspecified atom stereocenters. The summed E-state index contributed by atoms with van der Waals surface area (Å²) in [6.07, 6.45) is 5.25. The van der Waals surface area contributed by atoms with Crippen molar-refractivity contribution in [1.82, 2.24) is 9.88 Å². The quantitative estimate of drug-likeness (QED) is 0.647. The third kappa shape index (κ3) is 2.09. The van der Waals surface area contributed by atoms with Crippen molar-refractivity contribution < 1.29 is 9.53 Å². The molecule has 1 aliphatic carbocycles. The zero-order valence-corrected chi connectivity index (χ0v) is 16.1. The van der Waals surface area contributed by atoms with Crippen molar-refractivity contribution in [1.29, 1.82) is 0 Å². The molecule has 1 saturated heterocycles. The van der Waals surface area contributed by atoms with Crippen LogP contribution in [0.5, 0.6) is 0 Å². The number of hydrogen-bond donors (Lipinski definition) is 1. The van der Waals surface area contributed by atoms with E-state index in [2.05, 4.69) is 47.1 Å². The first-order valence-electron chi connectivity index (χ1n) is 9.32. The standard InChI is InChI=1S/C21H24N2O2.ClH/c1-3-14-10-13-11-21(20(24)25-2)18-16(8-9-23(12-13)19(14)21)15-6-4-5-7-17(15)22-18;/h4-7,10,13,19,22H,3,8-9,11-12H2,1-2H3;1H/t13-,19-,21+;/m1./s1. The van der Waals surface area contributed by atoms with Gasteiger partial charge in [-0.05, 0) is 36.8 Å². The number of esters is 1. The van der Waals surface area contributed by atoms with Crippen molar-refractivity contribution >= 4 is 29.3 Å². The molecule has 3 aliphatic heterocycles. The number of para-hydroxylation sites is 1. The number of methoxy groups -OCH3 is 1. The van der Waals surface area contributed by atoms with Crippen LogP contribution in [0, 0.1) is 5.92 Å². The first-order chi connectivity index (χ1) is 12.2. The molecule has 0 radical (unpaired) electrons. The maximum Gasteiger partial charge on any atom is 0.319 e. The molecule has 4 nitrogen and oxygen atoms in total. The van der Waals surface area contributed by atoms with E-state index in [0.717, 1.165) is 43.6 Å². The molecule has 1 aromatic carbocycles. The molecule has 0 amide bonds. The smallest absolute Gasteiger partial charge is 0.319 e. The van der Waals surface area contributed by atoms with Crippen LogP contribution in [-0.2, 0) is 21.4 Å². The minimum Gasteiger partial charge on any atom is -0.468 e.